The molecule has 0 aromatic heterocycles. The fourth-order valence-electron chi connectivity index (χ4n) is 0.898. The predicted octanol–water partition coefficient (Wildman–Crippen LogP) is -2.51. The van der Waals surface area contributed by atoms with E-state index in [1.807, 2.05) is 0 Å². The zero-order valence-corrected chi connectivity index (χ0v) is 9.91. The average molecular weight is 270 g/mol. The smallest absolute Gasteiger partial charge is 0.394 e. The van der Waals surface area contributed by atoms with E-state index in [4.69, 9.17) is 20.6 Å². The summed E-state index contributed by atoms with van der Waals surface area (Å²) in [5.41, 5.74) is 5.17. The molecule has 0 rings (SSSR count). The number of carbonyl (C=O) groups excluding carboxylic acids is 2. The molecule has 9 nitrogen and oxygen atoms in total. The van der Waals surface area contributed by atoms with E-state index in [0.29, 0.717) is 0 Å². The molecule has 0 fully saturated rings. The Bertz CT molecular complexity index is 317. The highest BCUT2D eigenvalue weighted by Crippen LogP contribution is 2.37. The average Bonchev–Trinajstić information content (AvgIpc) is 2.21. The van der Waals surface area contributed by atoms with Crippen molar-refractivity contribution in [2.24, 2.45) is 5.73 Å². The molecular weight excluding hydrogens is 255 g/mol. The predicted molar refractivity (Wildman–Crippen MR) is 55.6 cm³/mol. The van der Waals surface area contributed by atoms with Gasteiger partial charge in [0.2, 0.25) is 5.91 Å². The fraction of sp³-hybridized carbons (Fsp3) is 0.714. The molecule has 100 valence electrons. The van der Waals surface area contributed by atoms with E-state index in [1.54, 1.807) is 0 Å². The van der Waals surface area contributed by atoms with Crippen molar-refractivity contribution >= 4 is 20.0 Å². The lowest BCUT2D eigenvalue weighted by Gasteiger charge is -2.21. The van der Waals surface area contributed by atoms with Crippen LogP contribution in [0.5, 0.6) is 0 Å². The lowest BCUT2D eigenvalue weighted by molar-refractivity contribution is -0.127. The van der Waals surface area contributed by atoms with E-state index in [-0.39, 0.29) is 6.29 Å². The highest BCUT2D eigenvalue weighted by molar-refractivity contribution is 7.46. The summed E-state index contributed by atoms with van der Waals surface area (Å²) in [4.78, 5) is 38.9. The lowest BCUT2D eigenvalue weighted by atomic mass is 10.2. The van der Waals surface area contributed by atoms with E-state index in [2.05, 4.69) is 9.84 Å². The highest BCUT2D eigenvalue weighted by Gasteiger charge is 2.28. The zero-order valence-electron chi connectivity index (χ0n) is 9.02. The summed E-state index contributed by atoms with van der Waals surface area (Å²) in [6.45, 7) is 0.577. The van der Waals surface area contributed by atoms with Crippen molar-refractivity contribution in [3.05, 3.63) is 0 Å². The van der Waals surface area contributed by atoms with Gasteiger partial charge in [-0.2, -0.15) is 0 Å². The minimum atomic E-state index is -4.75. The second-order valence-corrected chi connectivity index (χ2v) is 4.45. The molecule has 0 saturated carbocycles. The Morgan fingerprint density at radius 3 is 2.47 bits per heavy atom. The fourth-order valence-corrected chi connectivity index (χ4v) is 1.46. The van der Waals surface area contributed by atoms with E-state index in [1.165, 1.54) is 6.92 Å². The van der Waals surface area contributed by atoms with Crippen LogP contribution in [0.2, 0.25) is 0 Å². The minimum absolute atomic E-state index is 0.252. The first-order chi connectivity index (χ1) is 7.71. The monoisotopic (exact) mass is 270 g/mol. The number of phosphoric acid groups is 1. The number of hydrogen-bond acceptors (Lipinski definition) is 6. The Balaban J connectivity index is 4.48. The quantitative estimate of drug-likeness (QED) is 0.250. The van der Waals surface area contributed by atoms with Gasteiger partial charge < -0.3 is 30.7 Å². The Morgan fingerprint density at radius 2 is 2.12 bits per heavy atom. The molecule has 0 unspecified atom stereocenters. The summed E-state index contributed by atoms with van der Waals surface area (Å²) in [6.07, 6.45) is -0.981. The van der Waals surface area contributed by atoms with Crippen LogP contribution in [0.4, 0.5) is 0 Å². The maximum atomic E-state index is 11.2. The second kappa shape index (κ2) is 6.80. The highest BCUT2D eigenvalue weighted by atomic mass is 31.2. The molecule has 3 atom stereocenters. The van der Waals surface area contributed by atoms with Crippen molar-refractivity contribution in [3.63, 3.8) is 0 Å². The summed E-state index contributed by atoms with van der Waals surface area (Å²) in [5, 5.41) is 10.7. The minimum Gasteiger partial charge on any atom is -0.394 e. The molecule has 17 heavy (non-hydrogen) atoms. The van der Waals surface area contributed by atoms with Gasteiger partial charge in [0.25, 0.3) is 0 Å². The van der Waals surface area contributed by atoms with Crippen LogP contribution in [-0.4, -0.2) is 51.9 Å². The van der Waals surface area contributed by atoms with Crippen molar-refractivity contribution in [1.82, 2.24) is 5.32 Å². The van der Waals surface area contributed by atoms with Crippen LogP contribution in [0.3, 0.4) is 0 Å². The summed E-state index contributed by atoms with van der Waals surface area (Å²) < 4.78 is 14.7. The molecule has 0 aliphatic carbocycles. The molecule has 0 heterocycles. The van der Waals surface area contributed by atoms with Gasteiger partial charge in [-0.3, -0.25) is 9.32 Å². The molecule has 0 bridgehead atoms. The van der Waals surface area contributed by atoms with Crippen LogP contribution >= 0.6 is 7.82 Å². The van der Waals surface area contributed by atoms with Gasteiger partial charge >= 0.3 is 7.82 Å². The standard InChI is InChI=1S/C7H15N2O7P/c1-4(16-17(13,14)15)6(3-11)9-7(12)5(8)2-10/h3-6,10H,2,8H2,1H3,(H,9,12)(H2,13,14,15)/t4-,5+,6-/m1/s1. The Kier molecular flexibility index (Phi) is 6.46. The second-order valence-electron chi connectivity index (χ2n) is 3.26. The van der Waals surface area contributed by atoms with Gasteiger partial charge in [-0.1, -0.05) is 0 Å². The van der Waals surface area contributed by atoms with Gasteiger partial charge in [0.1, 0.15) is 18.4 Å². The molecule has 0 aliphatic rings. The first-order valence-electron chi connectivity index (χ1n) is 4.57. The lowest BCUT2D eigenvalue weighted by Crippen LogP contribution is -2.51. The molecule has 10 heteroatoms. The number of phosphoric ester groups is 1. The molecule has 0 aliphatic heterocycles. The van der Waals surface area contributed by atoms with Gasteiger partial charge in [-0.05, 0) is 6.92 Å². The third kappa shape index (κ3) is 6.47. The van der Waals surface area contributed by atoms with Crippen molar-refractivity contribution in [2.75, 3.05) is 6.61 Å². The van der Waals surface area contributed by atoms with Gasteiger partial charge in [-0.25, -0.2) is 4.57 Å². The van der Waals surface area contributed by atoms with Gasteiger partial charge in [0.05, 0.1) is 12.7 Å². The number of carbonyl (C=O) groups is 2. The summed E-state index contributed by atoms with van der Waals surface area (Å²) >= 11 is 0. The maximum Gasteiger partial charge on any atom is 0.469 e. The Labute approximate surface area is 97.2 Å². The number of amides is 1. The normalized spacial score (nSPS) is 17.0. The number of aliphatic hydroxyl groups excluding tert-OH is 1. The number of hydrogen-bond donors (Lipinski definition) is 5. The number of nitrogens with one attached hydrogen (secondary N) is 1. The van der Waals surface area contributed by atoms with E-state index >= 15 is 0 Å². The van der Waals surface area contributed by atoms with Crippen LogP contribution in [0.1, 0.15) is 6.92 Å². The van der Waals surface area contributed by atoms with Gasteiger partial charge in [0.15, 0.2) is 0 Å². The number of rotatable bonds is 7. The van der Waals surface area contributed by atoms with Crippen LogP contribution in [-0.2, 0) is 18.7 Å². The molecule has 0 aromatic carbocycles. The first-order valence-corrected chi connectivity index (χ1v) is 6.10. The third-order valence-electron chi connectivity index (χ3n) is 1.80. The van der Waals surface area contributed by atoms with Crippen molar-refractivity contribution in [1.29, 1.82) is 0 Å². The molecule has 0 radical (unpaired) electrons. The zero-order chi connectivity index (χ0) is 13.6. The molecule has 1 amide bonds. The Morgan fingerprint density at radius 1 is 1.59 bits per heavy atom. The summed E-state index contributed by atoms with van der Waals surface area (Å²) in [6, 6.07) is -2.49. The van der Waals surface area contributed by atoms with Crippen molar-refractivity contribution in [2.45, 2.75) is 25.1 Å². The summed E-state index contributed by atoms with van der Waals surface area (Å²) in [7, 11) is -4.75. The largest absolute Gasteiger partial charge is 0.469 e. The van der Waals surface area contributed by atoms with E-state index in [0.717, 1.165) is 0 Å². The van der Waals surface area contributed by atoms with Crippen LogP contribution in [0, 0.1) is 0 Å². The number of nitrogens with two attached hydrogens (primary N) is 1. The van der Waals surface area contributed by atoms with E-state index < -0.39 is 38.5 Å². The number of aliphatic hydroxyl groups is 1. The van der Waals surface area contributed by atoms with Crippen LogP contribution in [0.15, 0.2) is 0 Å². The number of aldehydes is 1. The molecule has 0 saturated heterocycles. The van der Waals surface area contributed by atoms with Crippen LogP contribution in [0.25, 0.3) is 0 Å². The first kappa shape index (κ1) is 16.2. The molecular formula is C7H15N2O7P. The SMILES string of the molecule is C[C@@H](OP(=O)(O)O)[C@@H](C=O)NC(=O)[C@@H](N)CO. The van der Waals surface area contributed by atoms with Gasteiger partial charge in [0, 0.05) is 0 Å². The summed E-state index contributed by atoms with van der Waals surface area (Å²) in [5.74, 6) is -0.828. The van der Waals surface area contributed by atoms with E-state index in [9.17, 15) is 14.2 Å². The van der Waals surface area contributed by atoms with Crippen LogP contribution < -0.4 is 11.1 Å². The molecule has 6 N–H and O–H groups in total. The Hall–Kier alpha value is -0.830. The maximum absolute atomic E-state index is 11.2. The topological polar surface area (TPSA) is 159 Å². The van der Waals surface area contributed by atoms with Crippen molar-refractivity contribution in [3.8, 4) is 0 Å². The van der Waals surface area contributed by atoms with Crippen molar-refractivity contribution < 1.29 is 33.6 Å². The molecule has 0 aromatic rings. The molecule has 0 spiro atoms. The van der Waals surface area contributed by atoms with Gasteiger partial charge in [-0.15, -0.1) is 0 Å². The third-order valence-corrected chi connectivity index (χ3v) is 2.41.